The summed E-state index contributed by atoms with van der Waals surface area (Å²) in [6, 6.07) is 15.5. The van der Waals surface area contributed by atoms with Gasteiger partial charge < -0.3 is 9.84 Å². The van der Waals surface area contributed by atoms with Gasteiger partial charge in [-0.2, -0.15) is 4.31 Å². The number of sulfonamides is 1. The van der Waals surface area contributed by atoms with Crippen molar-refractivity contribution >= 4 is 15.6 Å². The van der Waals surface area contributed by atoms with Crippen LogP contribution in [0.3, 0.4) is 0 Å². The van der Waals surface area contributed by atoms with E-state index in [0.717, 1.165) is 32.2 Å². The summed E-state index contributed by atoms with van der Waals surface area (Å²) in [5, 5.41) is 10.2. The Morgan fingerprint density at radius 3 is 2.38 bits per heavy atom. The third-order valence-electron chi connectivity index (χ3n) is 7.74. The van der Waals surface area contributed by atoms with E-state index in [0.29, 0.717) is 23.7 Å². The number of aliphatic hydroxyl groups excluding tert-OH is 1. The third kappa shape index (κ3) is 4.31. The predicted octanol–water partition coefficient (Wildman–Crippen LogP) is 3.88. The second-order valence-electron chi connectivity index (χ2n) is 9.57. The fraction of sp³-hybridized carbons (Fsp3) is 0.481. The van der Waals surface area contributed by atoms with Crippen LogP contribution in [0.5, 0.6) is 5.75 Å². The molecule has 0 unspecified atom stereocenters. The van der Waals surface area contributed by atoms with Crippen molar-refractivity contribution in [3.05, 3.63) is 65.7 Å². The molecule has 2 fully saturated rings. The van der Waals surface area contributed by atoms with Gasteiger partial charge in [0.25, 0.3) is 0 Å². The van der Waals surface area contributed by atoms with Crippen molar-refractivity contribution in [2.45, 2.75) is 55.0 Å². The summed E-state index contributed by atoms with van der Waals surface area (Å²) in [7, 11) is -2.04. The normalized spacial score (nSPS) is 26.2. The fourth-order valence-electron chi connectivity index (χ4n) is 5.88. The first-order chi connectivity index (χ1) is 16.5. The Hall–Kier alpha value is -2.19. The van der Waals surface area contributed by atoms with Gasteiger partial charge in [0.15, 0.2) is 0 Å². The topological polar surface area (TPSA) is 70.1 Å². The van der Waals surface area contributed by atoms with Crippen LogP contribution < -0.4 is 4.74 Å². The maximum atomic E-state index is 13.5. The number of aliphatic hydroxyl groups is 1. The summed E-state index contributed by atoms with van der Waals surface area (Å²) >= 11 is 0. The first-order valence-corrected chi connectivity index (χ1v) is 13.8. The van der Waals surface area contributed by atoms with Crippen molar-refractivity contribution < 1.29 is 18.3 Å². The average molecular weight is 483 g/mol. The van der Waals surface area contributed by atoms with E-state index in [1.807, 2.05) is 0 Å². The molecule has 0 spiro atoms. The number of nitrogens with zero attached hydrogens (tertiary/aromatic N) is 2. The first kappa shape index (κ1) is 23.5. The van der Waals surface area contributed by atoms with E-state index >= 15 is 0 Å². The van der Waals surface area contributed by atoms with Crippen molar-refractivity contribution in [2.75, 3.05) is 33.4 Å². The zero-order valence-electron chi connectivity index (χ0n) is 19.8. The molecule has 3 atom stereocenters. The van der Waals surface area contributed by atoms with Crippen LogP contribution in [0.2, 0.25) is 0 Å². The van der Waals surface area contributed by atoms with E-state index in [2.05, 4.69) is 35.2 Å². The van der Waals surface area contributed by atoms with E-state index in [1.165, 1.54) is 23.1 Å². The molecule has 182 valence electrons. The summed E-state index contributed by atoms with van der Waals surface area (Å²) in [4.78, 5) is 2.61. The van der Waals surface area contributed by atoms with Crippen LogP contribution in [0.1, 0.15) is 49.1 Å². The van der Waals surface area contributed by atoms with Crippen LogP contribution in [0, 0.1) is 0 Å². The van der Waals surface area contributed by atoms with Crippen molar-refractivity contribution in [1.82, 2.24) is 9.21 Å². The van der Waals surface area contributed by atoms with E-state index in [4.69, 9.17) is 4.74 Å². The highest BCUT2D eigenvalue weighted by atomic mass is 32.2. The molecule has 7 heteroatoms. The van der Waals surface area contributed by atoms with Crippen LogP contribution in [-0.4, -0.2) is 68.2 Å². The van der Waals surface area contributed by atoms with Crippen LogP contribution >= 0.6 is 0 Å². The zero-order valence-corrected chi connectivity index (χ0v) is 20.6. The molecule has 1 aliphatic carbocycles. The van der Waals surface area contributed by atoms with Gasteiger partial charge in [-0.15, -0.1) is 0 Å². The highest BCUT2D eigenvalue weighted by Crippen LogP contribution is 2.43. The maximum Gasteiger partial charge on any atom is 0.243 e. The van der Waals surface area contributed by atoms with Gasteiger partial charge in [0.05, 0.1) is 18.6 Å². The molecule has 2 aliphatic heterocycles. The molecule has 0 amide bonds. The molecule has 2 aromatic carbocycles. The van der Waals surface area contributed by atoms with Crippen molar-refractivity contribution in [1.29, 1.82) is 0 Å². The number of fused-ring (bicyclic) bond motifs is 1. The maximum absolute atomic E-state index is 13.5. The summed E-state index contributed by atoms with van der Waals surface area (Å²) in [5.41, 5.74) is 3.88. The lowest BCUT2D eigenvalue weighted by Crippen LogP contribution is -2.67. The van der Waals surface area contributed by atoms with Gasteiger partial charge in [0.2, 0.25) is 10.0 Å². The molecule has 2 aromatic rings. The summed E-state index contributed by atoms with van der Waals surface area (Å²) < 4.78 is 33.9. The van der Waals surface area contributed by atoms with Crippen molar-refractivity contribution in [2.24, 2.45) is 0 Å². The standard InChI is InChI=1S/C27H34N2O4S/c1-33-23-12-14-24(15-13-23)34(31,32)28-16-4-5-17-29-25(18-28)27(26(29)19-30)22-10-8-21(9-11-22)20-6-2-3-7-20/h6,8-15,25-27,30H,2-5,7,16-19H2,1H3/t25-,26-,27+/m0/s1. The number of benzene rings is 2. The molecule has 2 saturated heterocycles. The smallest absolute Gasteiger partial charge is 0.243 e. The highest BCUT2D eigenvalue weighted by Gasteiger charge is 2.50. The van der Waals surface area contributed by atoms with Crippen molar-refractivity contribution in [3.8, 4) is 5.75 Å². The molecule has 34 heavy (non-hydrogen) atoms. The van der Waals surface area contributed by atoms with Gasteiger partial charge in [0.1, 0.15) is 5.75 Å². The molecular weight excluding hydrogens is 448 g/mol. The summed E-state index contributed by atoms with van der Waals surface area (Å²) in [5.74, 6) is 0.753. The summed E-state index contributed by atoms with van der Waals surface area (Å²) in [6.07, 6.45) is 7.57. The number of hydrogen-bond donors (Lipinski definition) is 1. The quantitative estimate of drug-likeness (QED) is 0.677. The van der Waals surface area contributed by atoms with Gasteiger partial charge in [0, 0.05) is 31.1 Å². The van der Waals surface area contributed by atoms with Crippen LogP contribution in [-0.2, 0) is 10.0 Å². The fourth-order valence-corrected chi connectivity index (χ4v) is 7.37. The first-order valence-electron chi connectivity index (χ1n) is 12.3. The summed E-state index contributed by atoms with van der Waals surface area (Å²) in [6.45, 7) is 1.93. The average Bonchev–Trinajstić information content (AvgIpc) is 3.38. The molecule has 0 bridgehead atoms. The second kappa shape index (κ2) is 9.82. The SMILES string of the molecule is COc1ccc(S(=O)(=O)N2CCCCN3[C@@H](CO)[C@H](c4ccc(C5=CCCC5)cc4)[C@@H]3C2)cc1. The zero-order chi connectivity index (χ0) is 23.7. The Bertz CT molecular complexity index is 1130. The van der Waals surface area contributed by atoms with Crippen LogP contribution in [0.25, 0.3) is 5.57 Å². The molecular formula is C27H34N2O4S. The number of rotatable bonds is 6. The molecule has 2 heterocycles. The van der Waals surface area contributed by atoms with Crippen LogP contribution in [0.15, 0.2) is 59.5 Å². The largest absolute Gasteiger partial charge is 0.497 e. The Morgan fingerprint density at radius 1 is 1.00 bits per heavy atom. The molecule has 0 aromatic heterocycles. The molecule has 5 rings (SSSR count). The molecule has 1 N–H and O–H groups in total. The lowest BCUT2D eigenvalue weighted by atomic mass is 9.74. The van der Waals surface area contributed by atoms with Gasteiger partial charge in [-0.05, 0) is 79.6 Å². The van der Waals surface area contributed by atoms with Gasteiger partial charge >= 0.3 is 0 Å². The molecule has 6 nitrogen and oxygen atoms in total. The Kier molecular flexibility index (Phi) is 6.80. The Morgan fingerprint density at radius 2 is 1.74 bits per heavy atom. The minimum atomic E-state index is -3.62. The Labute approximate surface area is 202 Å². The predicted molar refractivity (Wildman–Crippen MR) is 133 cm³/mol. The monoisotopic (exact) mass is 482 g/mol. The minimum Gasteiger partial charge on any atom is -0.497 e. The van der Waals surface area contributed by atoms with E-state index < -0.39 is 10.0 Å². The van der Waals surface area contributed by atoms with E-state index in [-0.39, 0.29) is 24.6 Å². The molecule has 0 radical (unpaired) electrons. The minimum absolute atomic E-state index is 0.0326. The molecule has 0 saturated carbocycles. The highest BCUT2D eigenvalue weighted by molar-refractivity contribution is 7.89. The van der Waals surface area contributed by atoms with Crippen molar-refractivity contribution in [3.63, 3.8) is 0 Å². The lowest BCUT2D eigenvalue weighted by Gasteiger charge is -2.57. The van der Waals surface area contributed by atoms with Gasteiger partial charge in [-0.25, -0.2) is 8.42 Å². The lowest BCUT2D eigenvalue weighted by molar-refractivity contribution is -0.0553. The number of ether oxygens (including phenoxy) is 1. The Balaban J connectivity index is 1.40. The number of methoxy groups -OCH3 is 1. The van der Waals surface area contributed by atoms with Gasteiger partial charge in [-0.1, -0.05) is 30.3 Å². The third-order valence-corrected chi connectivity index (χ3v) is 9.62. The van der Waals surface area contributed by atoms with Gasteiger partial charge in [-0.3, -0.25) is 4.90 Å². The van der Waals surface area contributed by atoms with Crippen LogP contribution in [0.4, 0.5) is 0 Å². The second-order valence-corrected chi connectivity index (χ2v) is 11.5. The van der Waals surface area contributed by atoms with E-state index in [1.54, 1.807) is 35.7 Å². The number of hydrogen-bond acceptors (Lipinski definition) is 5. The molecule has 3 aliphatic rings. The number of allylic oxidation sites excluding steroid dienone is 2. The van der Waals surface area contributed by atoms with E-state index in [9.17, 15) is 13.5 Å².